The molecule has 0 heterocycles. The van der Waals surface area contributed by atoms with Gasteiger partial charge in [0.05, 0.1) is 16.4 Å². The standard InChI is InChI=1S/C13H8Cl2F2N2O/c14-7-1-3-9(15)12(5-7)19-13(20)18-11-4-2-8(16)6-10(11)17/h1-6H,(H2,18,19,20). The van der Waals surface area contributed by atoms with Gasteiger partial charge in [-0.05, 0) is 30.3 Å². The lowest BCUT2D eigenvalue weighted by Gasteiger charge is -2.10. The summed E-state index contributed by atoms with van der Waals surface area (Å²) in [6.45, 7) is 0. The van der Waals surface area contributed by atoms with Crippen LogP contribution in [0.4, 0.5) is 25.0 Å². The van der Waals surface area contributed by atoms with Crippen LogP contribution in [0.5, 0.6) is 0 Å². The Morgan fingerprint density at radius 1 is 0.950 bits per heavy atom. The maximum atomic E-state index is 13.4. The molecule has 0 fully saturated rings. The molecule has 0 aliphatic rings. The molecule has 7 heteroatoms. The van der Waals surface area contributed by atoms with E-state index < -0.39 is 17.7 Å². The zero-order chi connectivity index (χ0) is 14.7. The molecule has 0 aromatic heterocycles. The Bertz CT molecular complexity index is 665. The van der Waals surface area contributed by atoms with Crippen LogP contribution in [0.1, 0.15) is 0 Å². The van der Waals surface area contributed by atoms with Crippen molar-refractivity contribution in [1.29, 1.82) is 0 Å². The molecule has 2 aromatic carbocycles. The zero-order valence-corrected chi connectivity index (χ0v) is 11.4. The van der Waals surface area contributed by atoms with Gasteiger partial charge in [0.15, 0.2) is 0 Å². The van der Waals surface area contributed by atoms with Crippen molar-refractivity contribution in [2.24, 2.45) is 0 Å². The number of benzene rings is 2. The quantitative estimate of drug-likeness (QED) is 0.811. The first-order valence-corrected chi connectivity index (χ1v) is 6.19. The molecule has 0 radical (unpaired) electrons. The minimum absolute atomic E-state index is 0.151. The molecule has 0 aliphatic carbocycles. The second kappa shape index (κ2) is 6.07. The number of halogens is 4. The van der Waals surface area contributed by atoms with Gasteiger partial charge in [-0.15, -0.1) is 0 Å². The minimum atomic E-state index is -0.877. The van der Waals surface area contributed by atoms with Crippen LogP contribution in [0.3, 0.4) is 0 Å². The normalized spacial score (nSPS) is 10.2. The van der Waals surface area contributed by atoms with Crippen molar-refractivity contribution < 1.29 is 13.6 Å². The molecule has 0 saturated carbocycles. The first kappa shape index (κ1) is 14.6. The van der Waals surface area contributed by atoms with E-state index in [1.807, 2.05) is 0 Å². The molecule has 0 unspecified atom stereocenters. The topological polar surface area (TPSA) is 41.1 Å². The summed E-state index contributed by atoms with van der Waals surface area (Å²) >= 11 is 11.6. The van der Waals surface area contributed by atoms with Crippen LogP contribution in [-0.4, -0.2) is 6.03 Å². The second-order valence-corrected chi connectivity index (χ2v) is 4.67. The Balaban J connectivity index is 2.11. The number of urea groups is 1. The number of anilines is 2. The zero-order valence-electron chi connectivity index (χ0n) is 9.88. The van der Waals surface area contributed by atoms with Crippen LogP contribution in [0.2, 0.25) is 10.0 Å². The maximum absolute atomic E-state index is 13.4. The fourth-order valence-electron chi connectivity index (χ4n) is 1.46. The molecular weight excluding hydrogens is 309 g/mol. The van der Waals surface area contributed by atoms with E-state index in [1.165, 1.54) is 12.1 Å². The van der Waals surface area contributed by atoms with Gasteiger partial charge in [-0.25, -0.2) is 13.6 Å². The Hall–Kier alpha value is -1.85. The summed E-state index contributed by atoms with van der Waals surface area (Å²) < 4.78 is 26.1. The highest BCUT2D eigenvalue weighted by Gasteiger charge is 2.10. The molecular formula is C13H8Cl2F2N2O. The molecule has 0 saturated heterocycles. The van der Waals surface area contributed by atoms with Gasteiger partial charge in [-0.3, -0.25) is 0 Å². The second-order valence-electron chi connectivity index (χ2n) is 3.83. The van der Waals surface area contributed by atoms with Crippen molar-refractivity contribution in [3.05, 3.63) is 58.1 Å². The van der Waals surface area contributed by atoms with Gasteiger partial charge in [0.2, 0.25) is 0 Å². The molecule has 104 valence electrons. The summed E-state index contributed by atoms with van der Waals surface area (Å²) in [5, 5.41) is 5.32. The average Bonchev–Trinajstić information content (AvgIpc) is 2.37. The first-order chi connectivity index (χ1) is 9.45. The van der Waals surface area contributed by atoms with Gasteiger partial charge in [0.25, 0.3) is 0 Å². The predicted octanol–water partition coefficient (Wildman–Crippen LogP) is 4.92. The van der Waals surface area contributed by atoms with Crippen LogP contribution < -0.4 is 10.6 Å². The number of carbonyl (C=O) groups excluding carboxylic acids is 1. The number of amides is 2. The van der Waals surface area contributed by atoms with Crippen molar-refractivity contribution in [2.45, 2.75) is 0 Å². The molecule has 0 aliphatic heterocycles. The monoisotopic (exact) mass is 316 g/mol. The van der Waals surface area contributed by atoms with E-state index >= 15 is 0 Å². The fourth-order valence-corrected chi connectivity index (χ4v) is 1.80. The van der Waals surface area contributed by atoms with E-state index in [9.17, 15) is 13.6 Å². The third kappa shape index (κ3) is 3.59. The van der Waals surface area contributed by atoms with Crippen LogP contribution >= 0.6 is 23.2 Å². The van der Waals surface area contributed by atoms with Crippen molar-refractivity contribution in [3.63, 3.8) is 0 Å². The first-order valence-electron chi connectivity index (χ1n) is 5.44. The van der Waals surface area contributed by atoms with Gasteiger partial charge >= 0.3 is 6.03 Å². The average molecular weight is 317 g/mol. The summed E-state index contributed by atoms with van der Waals surface area (Å²) in [6.07, 6.45) is 0. The Morgan fingerprint density at radius 2 is 1.65 bits per heavy atom. The number of carbonyl (C=O) groups is 1. The minimum Gasteiger partial charge on any atom is -0.306 e. The van der Waals surface area contributed by atoms with E-state index in [1.54, 1.807) is 6.07 Å². The van der Waals surface area contributed by atoms with Gasteiger partial charge in [0, 0.05) is 11.1 Å². The Morgan fingerprint density at radius 3 is 2.35 bits per heavy atom. The van der Waals surface area contributed by atoms with Crippen molar-refractivity contribution in [3.8, 4) is 0 Å². The highest BCUT2D eigenvalue weighted by molar-refractivity contribution is 6.35. The van der Waals surface area contributed by atoms with Crippen LogP contribution in [-0.2, 0) is 0 Å². The lowest BCUT2D eigenvalue weighted by Crippen LogP contribution is -2.20. The number of rotatable bonds is 2. The predicted molar refractivity (Wildman–Crippen MR) is 75.5 cm³/mol. The lowest BCUT2D eigenvalue weighted by atomic mass is 10.3. The molecule has 0 bridgehead atoms. The van der Waals surface area contributed by atoms with Gasteiger partial charge in [-0.1, -0.05) is 23.2 Å². The highest BCUT2D eigenvalue weighted by Crippen LogP contribution is 2.25. The maximum Gasteiger partial charge on any atom is 0.323 e. The number of hydrogen-bond acceptors (Lipinski definition) is 1. The van der Waals surface area contributed by atoms with Gasteiger partial charge in [0.1, 0.15) is 11.6 Å². The summed E-state index contributed by atoms with van der Waals surface area (Å²) in [6, 6.07) is 6.62. The smallest absolute Gasteiger partial charge is 0.306 e. The number of nitrogens with one attached hydrogen (secondary N) is 2. The molecule has 2 N–H and O–H groups in total. The van der Waals surface area contributed by atoms with E-state index in [0.29, 0.717) is 11.1 Å². The third-order valence-corrected chi connectivity index (χ3v) is 2.92. The van der Waals surface area contributed by atoms with Crippen LogP contribution in [0, 0.1) is 11.6 Å². The van der Waals surface area contributed by atoms with Crippen LogP contribution in [0.15, 0.2) is 36.4 Å². The molecule has 2 rings (SSSR count). The highest BCUT2D eigenvalue weighted by atomic mass is 35.5. The molecule has 2 aromatic rings. The molecule has 20 heavy (non-hydrogen) atoms. The Labute approximate surface area is 123 Å². The molecule has 2 amide bonds. The van der Waals surface area contributed by atoms with E-state index in [-0.39, 0.29) is 16.4 Å². The van der Waals surface area contributed by atoms with Crippen molar-refractivity contribution in [2.75, 3.05) is 10.6 Å². The summed E-state index contributed by atoms with van der Waals surface area (Å²) in [7, 11) is 0. The summed E-state index contributed by atoms with van der Waals surface area (Å²) in [4.78, 5) is 11.7. The summed E-state index contributed by atoms with van der Waals surface area (Å²) in [5.41, 5.74) is 0.126. The van der Waals surface area contributed by atoms with Crippen LogP contribution in [0.25, 0.3) is 0 Å². The van der Waals surface area contributed by atoms with Gasteiger partial charge in [-0.2, -0.15) is 0 Å². The van der Waals surface area contributed by atoms with E-state index in [4.69, 9.17) is 23.2 Å². The largest absolute Gasteiger partial charge is 0.323 e. The van der Waals surface area contributed by atoms with Gasteiger partial charge < -0.3 is 10.6 Å². The summed E-state index contributed by atoms with van der Waals surface area (Å²) in [5.74, 6) is -1.61. The Kier molecular flexibility index (Phi) is 4.42. The van der Waals surface area contributed by atoms with Crippen molar-refractivity contribution in [1.82, 2.24) is 0 Å². The lowest BCUT2D eigenvalue weighted by molar-refractivity contribution is 0.262. The molecule has 3 nitrogen and oxygen atoms in total. The fraction of sp³-hybridized carbons (Fsp3) is 0. The SMILES string of the molecule is O=C(Nc1ccc(F)cc1F)Nc1cc(Cl)ccc1Cl. The van der Waals surface area contributed by atoms with E-state index in [0.717, 1.165) is 12.1 Å². The van der Waals surface area contributed by atoms with Crippen molar-refractivity contribution >= 4 is 40.6 Å². The molecule has 0 atom stereocenters. The number of hydrogen-bond donors (Lipinski definition) is 2. The van der Waals surface area contributed by atoms with E-state index in [2.05, 4.69) is 10.6 Å². The third-order valence-electron chi connectivity index (χ3n) is 2.36. The molecule has 0 spiro atoms.